The van der Waals surface area contributed by atoms with Crippen molar-refractivity contribution in [2.24, 2.45) is 5.41 Å². The van der Waals surface area contributed by atoms with E-state index >= 15 is 0 Å². The highest BCUT2D eigenvalue weighted by atomic mass is 16.3. The molecule has 0 aromatic heterocycles. The maximum atomic E-state index is 11.5. The average molecular weight is 170 g/mol. The molecule has 0 aromatic carbocycles. The molecule has 0 unspecified atom stereocenters. The lowest BCUT2D eigenvalue weighted by Gasteiger charge is -2.26. The molecule has 0 amide bonds. The lowest BCUT2D eigenvalue weighted by molar-refractivity contribution is -0.131. The molecule has 1 N–H and O–H groups in total. The van der Waals surface area contributed by atoms with Gasteiger partial charge < -0.3 is 5.11 Å². The summed E-state index contributed by atoms with van der Waals surface area (Å²) in [5.41, 5.74) is 0.188. The molecule has 0 bridgehead atoms. The van der Waals surface area contributed by atoms with E-state index in [4.69, 9.17) is 0 Å². The van der Waals surface area contributed by atoms with Crippen LogP contribution in [0.5, 0.6) is 0 Å². The zero-order chi connectivity index (χ0) is 9.94. The van der Waals surface area contributed by atoms with Crippen LogP contribution in [0.25, 0.3) is 0 Å². The highest BCUT2D eigenvalue weighted by molar-refractivity contribution is 5.86. The van der Waals surface area contributed by atoms with E-state index in [1.54, 1.807) is 20.8 Å². The number of carbonyl (C=O) groups is 1. The summed E-state index contributed by atoms with van der Waals surface area (Å²) in [7, 11) is 0. The molecule has 0 rings (SSSR count). The van der Waals surface area contributed by atoms with Crippen molar-refractivity contribution in [2.75, 3.05) is 0 Å². The second kappa shape index (κ2) is 3.85. The fraction of sp³-hybridized carbons (Fsp3) is 0.700. The Labute approximate surface area is 74.3 Å². The molecule has 0 heterocycles. The van der Waals surface area contributed by atoms with Gasteiger partial charge in [0.15, 0.2) is 0 Å². The number of aliphatic hydroxyl groups excluding tert-OH is 1. The Bertz CT molecular complexity index is 190. The minimum absolute atomic E-state index is 0.0463. The van der Waals surface area contributed by atoms with Crippen LogP contribution < -0.4 is 0 Å². The first-order valence-corrected chi connectivity index (χ1v) is 4.14. The number of allylic oxidation sites excluding steroid dienone is 1. The molecular weight excluding hydrogens is 152 g/mol. The summed E-state index contributed by atoms with van der Waals surface area (Å²) in [6.45, 7) is 10.6. The molecule has 0 aromatic rings. The standard InChI is InChI=1S/C10H18O2/c1-7(2)6-9(12)10(4,5)8(3)11/h8,11H,1,6H2,2-5H3/t8-/m0/s1. The van der Waals surface area contributed by atoms with Crippen molar-refractivity contribution in [1.82, 2.24) is 0 Å². The molecule has 70 valence electrons. The first-order chi connectivity index (χ1) is 5.28. The van der Waals surface area contributed by atoms with E-state index in [2.05, 4.69) is 6.58 Å². The Morgan fingerprint density at radius 1 is 1.58 bits per heavy atom. The van der Waals surface area contributed by atoms with Gasteiger partial charge in [-0.3, -0.25) is 4.79 Å². The molecule has 2 nitrogen and oxygen atoms in total. The SMILES string of the molecule is C=C(C)CC(=O)C(C)(C)[C@H](C)O. The fourth-order valence-corrected chi connectivity index (χ4v) is 0.735. The Morgan fingerprint density at radius 2 is 2.00 bits per heavy atom. The third-order valence-electron chi connectivity index (χ3n) is 2.23. The molecule has 0 radical (unpaired) electrons. The van der Waals surface area contributed by atoms with Gasteiger partial charge in [0.25, 0.3) is 0 Å². The van der Waals surface area contributed by atoms with Crippen LogP contribution in [0.15, 0.2) is 12.2 Å². The minimum Gasteiger partial charge on any atom is -0.392 e. The van der Waals surface area contributed by atoms with E-state index in [1.807, 2.05) is 6.92 Å². The number of aliphatic hydroxyl groups is 1. The number of hydrogen-bond donors (Lipinski definition) is 1. The maximum absolute atomic E-state index is 11.5. The average Bonchev–Trinajstić information content (AvgIpc) is 1.85. The predicted octanol–water partition coefficient (Wildman–Crippen LogP) is 1.93. The lowest BCUT2D eigenvalue weighted by atomic mass is 9.80. The molecule has 0 aliphatic rings. The smallest absolute Gasteiger partial charge is 0.145 e. The Hall–Kier alpha value is -0.630. The van der Waals surface area contributed by atoms with Crippen LogP contribution in [-0.2, 0) is 4.79 Å². The van der Waals surface area contributed by atoms with Gasteiger partial charge in [-0.15, -0.1) is 0 Å². The third kappa shape index (κ3) is 2.78. The summed E-state index contributed by atoms with van der Waals surface area (Å²) in [5, 5.41) is 9.31. The van der Waals surface area contributed by atoms with Gasteiger partial charge in [0, 0.05) is 11.8 Å². The summed E-state index contributed by atoms with van der Waals surface area (Å²) in [5.74, 6) is 0.0463. The van der Waals surface area contributed by atoms with E-state index in [0.29, 0.717) is 6.42 Å². The fourth-order valence-electron chi connectivity index (χ4n) is 0.735. The van der Waals surface area contributed by atoms with Crippen LogP contribution in [0.1, 0.15) is 34.1 Å². The first kappa shape index (κ1) is 11.4. The van der Waals surface area contributed by atoms with Crippen LogP contribution >= 0.6 is 0 Å². The van der Waals surface area contributed by atoms with Crippen molar-refractivity contribution < 1.29 is 9.90 Å². The number of rotatable bonds is 4. The van der Waals surface area contributed by atoms with E-state index in [-0.39, 0.29) is 5.78 Å². The van der Waals surface area contributed by atoms with Gasteiger partial charge in [-0.25, -0.2) is 0 Å². The monoisotopic (exact) mass is 170 g/mol. The van der Waals surface area contributed by atoms with Crippen molar-refractivity contribution in [3.8, 4) is 0 Å². The third-order valence-corrected chi connectivity index (χ3v) is 2.23. The van der Waals surface area contributed by atoms with Gasteiger partial charge in [0.1, 0.15) is 5.78 Å². The topological polar surface area (TPSA) is 37.3 Å². The number of Topliss-reactive ketones (excluding diaryl/α,β-unsaturated/α-hetero) is 1. The summed E-state index contributed by atoms with van der Waals surface area (Å²) >= 11 is 0. The van der Waals surface area contributed by atoms with Crippen LogP contribution in [0.2, 0.25) is 0 Å². The quantitative estimate of drug-likeness (QED) is 0.654. The summed E-state index contributed by atoms with van der Waals surface area (Å²) in [6.07, 6.45) is -0.248. The van der Waals surface area contributed by atoms with Crippen molar-refractivity contribution in [3.05, 3.63) is 12.2 Å². The van der Waals surface area contributed by atoms with Gasteiger partial charge in [-0.05, 0) is 13.8 Å². The Morgan fingerprint density at radius 3 is 2.25 bits per heavy atom. The van der Waals surface area contributed by atoms with Crippen molar-refractivity contribution in [3.63, 3.8) is 0 Å². The lowest BCUT2D eigenvalue weighted by Crippen LogP contribution is -2.35. The summed E-state index contributed by atoms with van der Waals surface area (Å²) < 4.78 is 0. The molecule has 0 aliphatic heterocycles. The van der Waals surface area contributed by atoms with Crippen LogP contribution in [-0.4, -0.2) is 17.0 Å². The van der Waals surface area contributed by atoms with Gasteiger partial charge in [0.05, 0.1) is 6.10 Å². The molecule has 0 spiro atoms. The molecule has 0 aliphatic carbocycles. The second-order valence-electron chi connectivity index (χ2n) is 3.95. The minimum atomic E-state index is -0.654. The molecule has 0 saturated carbocycles. The van der Waals surface area contributed by atoms with E-state index in [9.17, 15) is 9.90 Å². The van der Waals surface area contributed by atoms with Gasteiger partial charge >= 0.3 is 0 Å². The number of carbonyl (C=O) groups excluding carboxylic acids is 1. The van der Waals surface area contributed by atoms with Crippen LogP contribution in [0, 0.1) is 5.41 Å². The van der Waals surface area contributed by atoms with Gasteiger partial charge in [-0.2, -0.15) is 0 Å². The molecular formula is C10H18O2. The van der Waals surface area contributed by atoms with E-state index < -0.39 is 11.5 Å². The maximum Gasteiger partial charge on any atom is 0.145 e. The Kier molecular flexibility index (Phi) is 3.65. The summed E-state index contributed by atoms with van der Waals surface area (Å²) in [4.78, 5) is 11.5. The van der Waals surface area contributed by atoms with Crippen molar-refractivity contribution in [1.29, 1.82) is 0 Å². The molecule has 0 saturated heterocycles. The van der Waals surface area contributed by atoms with E-state index in [0.717, 1.165) is 5.57 Å². The predicted molar refractivity (Wildman–Crippen MR) is 49.9 cm³/mol. The highest BCUT2D eigenvalue weighted by Gasteiger charge is 2.31. The number of ketones is 1. The molecule has 0 fully saturated rings. The molecule has 2 heteroatoms. The van der Waals surface area contributed by atoms with Gasteiger partial charge in [-0.1, -0.05) is 26.0 Å². The normalized spacial score (nSPS) is 14.1. The number of hydrogen-bond acceptors (Lipinski definition) is 2. The largest absolute Gasteiger partial charge is 0.392 e. The molecule has 1 atom stereocenters. The van der Waals surface area contributed by atoms with Crippen molar-refractivity contribution in [2.45, 2.75) is 40.2 Å². The zero-order valence-corrected chi connectivity index (χ0v) is 8.35. The van der Waals surface area contributed by atoms with E-state index in [1.165, 1.54) is 0 Å². The Balaban J connectivity index is 4.36. The highest BCUT2D eigenvalue weighted by Crippen LogP contribution is 2.24. The molecule has 12 heavy (non-hydrogen) atoms. The van der Waals surface area contributed by atoms with Crippen LogP contribution in [0.4, 0.5) is 0 Å². The van der Waals surface area contributed by atoms with Crippen molar-refractivity contribution >= 4 is 5.78 Å². The van der Waals surface area contributed by atoms with Gasteiger partial charge in [0.2, 0.25) is 0 Å². The second-order valence-corrected chi connectivity index (χ2v) is 3.95. The van der Waals surface area contributed by atoms with Crippen LogP contribution in [0.3, 0.4) is 0 Å². The first-order valence-electron chi connectivity index (χ1n) is 4.14. The zero-order valence-electron chi connectivity index (χ0n) is 8.35. The summed E-state index contributed by atoms with van der Waals surface area (Å²) in [6, 6.07) is 0.